The monoisotopic (exact) mass is 386 g/mol. The molecule has 1 heteroatoms. The maximum Gasteiger partial charge on any atom is 0.194 e. The van der Waals surface area contributed by atoms with E-state index in [-0.39, 0.29) is 5.78 Å². The van der Waals surface area contributed by atoms with Crippen LogP contribution in [0.3, 0.4) is 0 Å². The summed E-state index contributed by atoms with van der Waals surface area (Å²) in [7, 11) is 0. The fourth-order valence-corrected chi connectivity index (χ4v) is 3.63. The highest BCUT2D eigenvalue weighted by molar-refractivity contribution is 6.16. The van der Waals surface area contributed by atoms with Gasteiger partial charge in [0.1, 0.15) is 0 Å². The van der Waals surface area contributed by atoms with Crippen molar-refractivity contribution in [1.82, 2.24) is 0 Å². The van der Waals surface area contributed by atoms with Gasteiger partial charge in [0, 0.05) is 11.1 Å². The van der Waals surface area contributed by atoms with Gasteiger partial charge in [0.25, 0.3) is 0 Å². The highest BCUT2D eigenvalue weighted by atomic mass is 16.1. The van der Waals surface area contributed by atoms with Crippen molar-refractivity contribution in [2.75, 3.05) is 0 Å². The lowest BCUT2D eigenvalue weighted by molar-refractivity contribution is 0.104. The molecule has 0 N–H and O–H groups in total. The minimum Gasteiger partial charge on any atom is -0.289 e. The summed E-state index contributed by atoms with van der Waals surface area (Å²) < 4.78 is 0. The van der Waals surface area contributed by atoms with E-state index < -0.39 is 0 Å². The highest BCUT2D eigenvalue weighted by Gasteiger charge is 2.19. The van der Waals surface area contributed by atoms with Crippen LogP contribution in [-0.4, -0.2) is 5.78 Å². The minimum atomic E-state index is -0.000990. The van der Waals surface area contributed by atoms with Crippen LogP contribution in [0.1, 0.15) is 27.0 Å². The zero-order valence-electron chi connectivity index (χ0n) is 16.7. The van der Waals surface area contributed by atoms with Crippen molar-refractivity contribution in [3.8, 4) is 22.3 Å². The van der Waals surface area contributed by atoms with Crippen LogP contribution in [0.15, 0.2) is 110 Å². The molecule has 0 spiro atoms. The zero-order valence-corrected chi connectivity index (χ0v) is 16.7. The Morgan fingerprint density at radius 1 is 0.567 bits per heavy atom. The van der Waals surface area contributed by atoms with E-state index in [2.05, 4.69) is 13.2 Å². The lowest BCUT2D eigenvalue weighted by atomic mass is 9.88. The van der Waals surface area contributed by atoms with Crippen LogP contribution in [0.2, 0.25) is 0 Å². The van der Waals surface area contributed by atoms with Crippen molar-refractivity contribution >= 4 is 17.9 Å². The quantitative estimate of drug-likeness (QED) is 0.313. The molecule has 0 radical (unpaired) electrons. The Bertz CT molecular complexity index is 1120. The summed E-state index contributed by atoms with van der Waals surface area (Å²) in [6.07, 6.45) is 3.60. The molecule has 0 heterocycles. The molecule has 0 aliphatic rings. The molecule has 0 fully saturated rings. The third kappa shape index (κ3) is 3.78. The molecule has 1 nitrogen and oxygen atoms in total. The van der Waals surface area contributed by atoms with Gasteiger partial charge in [0.2, 0.25) is 0 Å². The number of carbonyl (C=O) groups is 1. The number of hydrogen-bond donors (Lipinski definition) is 0. The Hall–Kier alpha value is -3.97. The van der Waals surface area contributed by atoms with Crippen LogP contribution < -0.4 is 0 Å². The van der Waals surface area contributed by atoms with E-state index in [4.69, 9.17) is 0 Å². The predicted octanol–water partition coefficient (Wildman–Crippen LogP) is 7.54. The number of benzene rings is 4. The van der Waals surface area contributed by atoms with Crippen molar-refractivity contribution < 1.29 is 4.79 Å². The van der Waals surface area contributed by atoms with Gasteiger partial charge in [0.15, 0.2) is 5.78 Å². The van der Waals surface area contributed by atoms with Gasteiger partial charge in [-0.15, -0.1) is 0 Å². The third-order valence-corrected chi connectivity index (χ3v) is 5.22. The van der Waals surface area contributed by atoms with Crippen molar-refractivity contribution in [2.24, 2.45) is 0 Å². The molecular formula is C29H22O. The zero-order chi connectivity index (χ0) is 20.9. The summed E-state index contributed by atoms with van der Waals surface area (Å²) in [5.74, 6) is -0.000990. The van der Waals surface area contributed by atoms with Gasteiger partial charge in [-0.05, 0) is 57.6 Å². The molecule has 4 aromatic rings. The molecule has 0 atom stereocenters. The van der Waals surface area contributed by atoms with E-state index in [0.717, 1.165) is 33.4 Å². The first-order valence-electron chi connectivity index (χ1n) is 9.90. The van der Waals surface area contributed by atoms with Gasteiger partial charge in [-0.1, -0.05) is 98.1 Å². The summed E-state index contributed by atoms with van der Waals surface area (Å²) in [5.41, 5.74) is 7.15. The second-order valence-electron chi connectivity index (χ2n) is 7.08. The summed E-state index contributed by atoms with van der Waals surface area (Å²) in [5, 5.41) is 0. The molecule has 0 saturated carbocycles. The number of hydrogen-bond acceptors (Lipinski definition) is 1. The van der Waals surface area contributed by atoms with Crippen molar-refractivity contribution in [3.05, 3.63) is 132 Å². The Kier molecular flexibility index (Phi) is 5.54. The van der Waals surface area contributed by atoms with E-state index in [0.29, 0.717) is 11.1 Å². The van der Waals surface area contributed by atoms with Crippen molar-refractivity contribution in [2.45, 2.75) is 0 Å². The molecule has 0 aliphatic heterocycles. The average molecular weight is 386 g/mol. The van der Waals surface area contributed by atoms with Gasteiger partial charge >= 0.3 is 0 Å². The van der Waals surface area contributed by atoms with Gasteiger partial charge in [-0.2, -0.15) is 0 Å². The van der Waals surface area contributed by atoms with Crippen molar-refractivity contribution in [3.63, 3.8) is 0 Å². The molecule has 0 unspecified atom stereocenters. The second-order valence-corrected chi connectivity index (χ2v) is 7.08. The Balaban J connectivity index is 1.91. The summed E-state index contributed by atoms with van der Waals surface area (Å²) in [6.45, 7) is 7.75. The van der Waals surface area contributed by atoms with Gasteiger partial charge < -0.3 is 0 Å². The van der Waals surface area contributed by atoms with Crippen LogP contribution in [0.5, 0.6) is 0 Å². The van der Waals surface area contributed by atoms with Crippen molar-refractivity contribution in [1.29, 1.82) is 0 Å². The molecule has 4 aromatic carbocycles. The largest absolute Gasteiger partial charge is 0.289 e. The highest BCUT2D eigenvalue weighted by Crippen LogP contribution is 2.32. The van der Waals surface area contributed by atoms with E-state index in [1.807, 2.05) is 97.1 Å². The molecule has 144 valence electrons. The Morgan fingerprint density at radius 3 is 1.33 bits per heavy atom. The SMILES string of the molecule is C=Cc1ccc(C(=O)c2ccc(C=C)cc2-c2ccccc2)c(-c2ccccc2)c1. The first kappa shape index (κ1) is 19.4. The second kappa shape index (κ2) is 8.59. The first-order chi connectivity index (χ1) is 14.7. The lowest BCUT2D eigenvalue weighted by Gasteiger charge is -2.14. The van der Waals surface area contributed by atoms with Crippen LogP contribution in [-0.2, 0) is 0 Å². The third-order valence-electron chi connectivity index (χ3n) is 5.22. The van der Waals surface area contributed by atoms with Crippen LogP contribution in [0, 0.1) is 0 Å². The molecular weight excluding hydrogens is 364 g/mol. The van der Waals surface area contributed by atoms with Crippen LogP contribution >= 0.6 is 0 Å². The van der Waals surface area contributed by atoms with E-state index in [1.54, 1.807) is 12.2 Å². The normalized spacial score (nSPS) is 10.4. The van der Waals surface area contributed by atoms with E-state index in [1.165, 1.54) is 0 Å². The van der Waals surface area contributed by atoms with Crippen LogP contribution in [0.4, 0.5) is 0 Å². The molecule has 0 aliphatic carbocycles. The number of rotatable bonds is 6. The average Bonchev–Trinajstić information content (AvgIpc) is 2.84. The van der Waals surface area contributed by atoms with Gasteiger partial charge in [0.05, 0.1) is 0 Å². The number of carbonyl (C=O) groups excluding carboxylic acids is 1. The first-order valence-corrected chi connectivity index (χ1v) is 9.90. The summed E-state index contributed by atoms with van der Waals surface area (Å²) >= 11 is 0. The molecule has 0 aromatic heterocycles. The summed E-state index contributed by atoms with van der Waals surface area (Å²) in [4.78, 5) is 13.8. The van der Waals surface area contributed by atoms with E-state index in [9.17, 15) is 4.79 Å². The number of ketones is 1. The Morgan fingerprint density at radius 2 is 0.967 bits per heavy atom. The maximum absolute atomic E-state index is 13.8. The fraction of sp³-hybridized carbons (Fsp3) is 0. The molecule has 0 bridgehead atoms. The molecule has 0 saturated heterocycles. The standard InChI is InChI=1S/C29H22O/c1-3-21-15-17-25(27(19-21)23-11-7-5-8-12-23)29(30)26-18-16-22(4-2)20-28(26)24-13-9-6-10-14-24/h3-20H,1-2H2. The van der Waals surface area contributed by atoms with Gasteiger partial charge in [-0.25, -0.2) is 0 Å². The van der Waals surface area contributed by atoms with E-state index >= 15 is 0 Å². The fourth-order valence-electron chi connectivity index (χ4n) is 3.63. The molecule has 4 rings (SSSR count). The van der Waals surface area contributed by atoms with Gasteiger partial charge in [-0.3, -0.25) is 4.79 Å². The molecule has 0 amide bonds. The van der Waals surface area contributed by atoms with Crippen LogP contribution in [0.25, 0.3) is 34.4 Å². The maximum atomic E-state index is 13.8. The summed E-state index contributed by atoms with van der Waals surface area (Å²) in [6, 6.07) is 31.7. The smallest absolute Gasteiger partial charge is 0.194 e. The Labute approximate surface area is 177 Å². The lowest BCUT2D eigenvalue weighted by Crippen LogP contribution is -2.06. The topological polar surface area (TPSA) is 17.1 Å². The minimum absolute atomic E-state index is 0.000990. The molecule has 30 heavy (non-hydrogen) atoms. The predicted molar refractivity (Wildman–Crippen MR) is 127 cm³/mol.